The highest BCUT2D eigenvalue weighted by Gasteiger charge is 2.28. The lowest BCUT2D eigenvalue weighted by molar-refractivity contribution is -0.137. The van der Waals surface area contributed by atoms with E-state index >= 15 is 0 Å². The van der Waals surface area contributed by atoms with Gasteiger partial charge in [0.25, 0.3) is 0 Å². The second-order valence-corrected chi connectivity index (χ2v) is 6.94. The minimum absolute atomic E-state index is 0.133. The second kappa shape index (κ2) is 7.74. The minimum atomic E-state index is 0.133. The normalized spacial score (nSPS) is 16.3. The molecule has 0 atom stereocenters. The molecule has 0 N–H and O–H groups in total. The van der Waals surface area contributed by atoms with Crippen LogP contribution in [0.3, 0.4) is 0 Å². The molecule has 0 radical (unpaired) electrons. The van der Waals surface area contributed by atoms with Crippen LogP contribution in [0.5, 0.6) is 0 Å². The van der Waals surface area contributed by atoms with Crippen molar-refractivity contribution in [1.29, 1.82) is 0 Å². The molecule has 1 saturated heterocycles. The summed E-state index contributed by atoms with van der Waals surface area (Å²) < 4.78 is 1.78. The molecule has 1 aromatic heterocycles. The molecule has 1 aliphatic rings. The number of amides is 1. The Hall–Kier alpha value is -2.28. The van der Waals surface area contributed by atoms with E-state index < -0.39 is 0 Å². The van der Waals surface area contributed by atoms with E-state index in [1.165, 1.54) is 0 Å². The third kappa shape index (κ3) is 4.04. The Labute approximate surface area is 148 Å². The van der Waals surface area contributed by atoms with Gasteiger partial charge in [-0.1, -0.05) is 18.2 Å². The highest BCUT2D eigenvalue weighted by Crippen LogP contribution is 2.21. The molecule has 1 fully saturated rings. The van der Waals surface area contributed by atoms with Crippen molar-refractivity contribution in [3.8, 4) is 5.69 Å². The van der Waals surface area contributed by atoms with Crippen LogP contribution in [0.2, 0.25) is 0 Å². The fourth-order valence-electron chi connectivity index (χ4n) is 3.15. The predicted octanol–water partition coefficient (Wildman–Crippen LogP) is 1.74. The van der Waals surface area contributed by atoms with Gasteiger partial charge in [0.1, 0.15) is 0 Å². The number of benzene rings is 1. The van der Waals surface area contributed by atoms with E-state index in [-0.39, 0.29) is 17.9 Å². The third-order valence-electron chi connectivity index (χ3n) is 4.96. The van der Waals surface area contributed by atoms with Gasteiger partial charge in [0, 0.05) is 19.0 Å². The van der Waals surface area contributed by atoms with E-state index in [0.717, 1.165) is 37.4 Å². The zero-order valence-electron chi connectivity index (χ0n) is 15.2. The summed E-state index contributed by atoms with van der Waals surface area (Å²) in [5.74, 6) is 1.23. The highest BCUT2D eigenvalue weighted by molar-refractivity contribution is 5.78. The van der Waals surface area contributed by atoms with Gasteiger partial charge >= 0.3 is 0 Å². The number of carbonyl (C=O) groups is 1. The van der Waals surface area contributed by atoms with Crippen LogP contribution in [-0.4, -0.2) is 62.1 Å². The number of para-hydroxylation sites is 1. The fourth-order valence-corrected chi connectivity index (χ4v) is 3.15. The van der Waals surface area contributed by atoms with Gasteiger partial charge in [-0.25, -0.2) is 0 Å². The first-order chi connectivity index (χ1) is 12.1. The smallest absolute Gasteiger partial charge is 0.225 e. The van der Waals surface area contributed by atoms with Crippen molar-refractivity contribution >= 4 is 5.91 Å². The lowest BCUT2D eigenvalue weighted by atomic mass is 9.95. The number of piperidine rings is 1. The first-order valence-electron chi connectivity index (χ1n) is 8.88. The topological polar surface area (TPSA) is 67.2 Å². The molecule has 7 nitrogen and oxygen atoms in total. The molecule has 2 aromatic rings. The summed E-state index contributed by atoms with van der Waals surface area (Å²) >= 11 is 0. The van der Waals surface area contributed by atoms with Crippen molar-refractivity contribution in [2.45, 2.75) is 39.3 Å². The van der Waals surface area contributed by atoms with Gasteiger partial charge in [-0.05, 0) is 62.3 Å². The van der Waals surface area contributed by atoms with E-state index in [1.54, 1.807) is 4.68 Å². The van der Waals surface area contributed by atoms with Crippen LogP contribution in [-0.2, 0) is 11.3 Å². The largest absolute Gasteiger partial charge is 0.343 e. The van der Waals surface area contributed by atoms with Crippen molar-refractivity contribution < 1.29 is 4.79 Å². The number of hydrogen-bond acceptors (Lipinski definition) is 5. The van der Waals surface area contributed by atoms with Gasteiger partial charge in [-0.2, -0.15) is 4.68 Å². The van der Waals surface area contributed by atoms with E-state index in [0.29, 0.717) is 6.54 Å². The van der Waals surface area contributed by atoms with Crippen LogP contribution in [0.4, 0.5) is 0 Å². The van der Waals surface area contributed by atoms with Crippen LogP contribution in [0.25, 0.3) is 5.69 Å². The first-order valence-corrected chi connectivity index (χ1v) is 8.88. The number of rotatable bonds is 5. The van der Waals surface area contributed by atoms with E-state index in [1.807, 2.05) is 42.3 Å². The molecule has 0 spiro atoms. The lowest BCUT2D eigenvalue weighted by Crippen LogP contribution is -2.43. The predicted molar refractivity (Wildman–Crippen MR) is 95.1 cm³/mol. The zero-order chi connectivity index (χ0) is 17.8. The Morgan fingerprint density at radius 1 is 1.24 bits per heavy atom. The van der Waals surface area contributed by atoms with Crippen molar-refractivity contribution in [3.63, 3.8) is 0 Å². The van der Waals surface area contributed by atoms with E-state index in [4.69, 9.17) is 0 Å². The molecule has 0 unspecified atom stereocenters. The maximum atomic E-state index is 12.5. The molecule has 1 amide bonds. The summed E-state index contributed by atoms with van der Waals surface area (Å²) in [6.45, 7) is 6.59. The maximum Gasteiger partial charge on any atom is 0.225 e. The van der Waals surface area contributed by atoms with Gasteiger partial charge < -0.3 is 4.90 Å². The molecular weight excluding hydrogens is 316 g/mol. The van der Waals surface area contributed by atoms with Crippen LogP contribution in [0.1, 0.15) is 32.5 Å². The number of likely N-dealkylation sites (tertiary alicyclic amines) is 1. The molecule has 1 aromatic carbocycles. The SMILES string of the molecule is CC(C)N(C)C(=O)C1CCN(Cc2nnnn2-c2ccccc2)CC1. The summed E-state index contributed by atoms with van der Waals surface area (Å²) in [6.07, 6.45) is 1.78. The molecule has 0 aliphatic carbocycles. The molecular formula is C18H26N6O. The van der Waals surface area contributed by atoms with Crippen molar-refractivity contribution in [3.05, 3.63) is 36.2 Å². The second-order valence-electron chi connectivity index (χ2n) is 6.94. The van der Waals surface area contributed by atoms with Gasteiger partial charge in [-0.3, -0.25) is 9.69 Å². The average Bonchev–Trinajstić information content (AvgIpc) is 3.10. The van der Waals surface area contributed by atoms with Crippen LogP contribution in [0.15, 0.2) is 30.3 Å². The maximum absolute atomic E-state index is 12.5. The fraction of sp³-hybridized carbons (Fsp3) is 0.556. The number of hydrogen-bond donors (Lipinski definition) is 0. The van der Waals surface area contributed by atoms with Crippen LogP contribution >= 0.6 is 0 Å². The Bertz CT molecular complexity index is 691. The number of tetrazole rings is 1. The summed E-state index contributed by atoms with van der Waals surface area (Å²) in [5, 5.41) is 12.1. The zero-order valence-corrected chi connectivity index (χ0v) is 15.2. The molecule has 0 bridgehead atoms. The summed E-state index contributed by atoms with van der Waals surface area (Å²) in [4.78, 5) is 16.7. The Kier molecular flexibility index (Phi) is 5.43. The standard InChI is InChI=1S/C18H26N6O/c1-14(2)22(3)18(25)15-9-11-23(12-10-15)13-17-19-20-21-24(17)16-7-5-4-6-8-16/h4-8,14-15H,9-13H2,1-3H3. The monoisotopic (exact) mass is 342 g/mol. The Balaban J connectivity index is 1.59. The molecule has 2 heterocycles. The Morgan fingerprint density at radius 3 is 2.56 bits per heavy atom. The lowest BCUT2D eigenvalue weighted by Gasteiger charge is -2.33. The summed E-state index contributed by atoms with van der Waals surface area (Å²) in [6, 6.07) is 10.2. The number of aromatic nitrogens is 4. The molecule has 134 valence electrons. The van der Waals surface area contributed by atoms with E-state index in [2.05, 4.69) is 34.3 Å². The third-order valence-corrected chi connectivity index (χ3v) is 4.96. The molecule has 0 saturated carbocycles. The number of carbonyl (C=O) groups excluding carboxylic acids is 1. The van der Waals surface area contributed by atoms with Crippen molar-refractivity contribution in [1.82, 2.24) is 30.0 Å². The van der Waals surface area contributed by atoms with Crippen LogP contribution < -0.4 is 0 Å². The Morgan fingerprint density at radius 2 is 1.92 bits per heavy atom. The van der Waals surface area contributed by atoms with Gasteiger partial charge in [0.05, 0.1) is 12.2 Å². The van der Waals surface area contributed by atoms with Gasteiger partial charge in [0.15, 0.2) is 5.82 Å². The van der Waals surface area contributed by atoms with Gasteiger partial charge in [0.2, 0.25) is 5.91 Å². The minimum Gasteiger partial charge on any atom is -0.343 e. The van der Waals surface area contributed by atoms with Crippen molar-refractivity contribution in [2.75, 3.05) is 20.1 Å². The molecule has 7 heteroatoms. The van der Waals surface area contributed by atoms with Crippen molar-refractivity contribution in [2.24, 2.45) is 5.92 Å². The van der Waals surface area contributed by atoms with Gasteiger partial charge in [-0.15, -0.1) is 5.10 Å². The molecule has 3 rings (SSSR count). The quantitative estimate of drug-likeness (QED) is 0.828. The van der Waals surface area contributed by atoms with E-state index in [9.17, 15) is 4.79 Å². The molecule has 25 heavy (non-hydrogen) atoms. The summed E-state index contributed by atoms with van der Waals surface area (Å²) in [7, 11) is 1.90. The number of nitrogens with zero attached hydrogens (tertiary/aromatic N) is 6. The average molecular weight is 342 g/mol. The molecule has 1 aliphatic heterocycles. The first kappa shape index (κ1) is 17.5. The van der Waals surface area contributed by atoms with Crippen LogP contribution in [0, 0.1) is 5.92 Å². The highest BCUT2D eigenvalue weighted by atomic mass is 16.2. The summed E-state index contributed by atoms with van der Waals surface area (Å²) in [5.41, 5.74) is 0.964.